The fourth-order valence-corrected chi connectivity index (χ4v) is 2.44. The Morgan fingerprint density at radius 1 is 1.28 bits per heavy atom. The summed E-state index contributed by atoms with van der Waals surface area (Å²) >= 11 is 0. The summed E-state index contributed by atoms with van der Waals surface area (Å²) in [4.78, 5) is 11.6. The molecule has 2 nitrogen and oxygen atoms in total. The van der Waals surface area contributed by atoms with E-state index < -0.39 is 11.6 Å². The Morgan fingerprint density at radius 2 is 2.00 bits per heavy atom. The number of anilines is 1. The first-order valence-corrected chi connectivity index (χ1v) is 6.40. The zero-order chi connectivity index (χ0) is 13.0. The van der Waals surface area contributed by atoms with Gasteiger partial charge >= 0.3 is 0 Å². The van der Waals surface area contributed by atoms with Crippen molar-refractivity contribution in [2.24, 2.45) is 5.92 Å². The largest absolute Gasteiger partial charge is 0.324 e. The van der Waals surface area contributed by atoms with Gasteiger partial charge in [-0.1, -0.05) is 25.7 Å². The molecule has 0 bridgehead atoms. The first-order chi connectivity index (χ1) is 8.65. The SMILES string of the molecule is O=C(CCC1CCCC1)Nc1cc(F)ccc1F. The topological polar surface area (TPSA) is 29.1 Å². The van der Waals surface area contributed by atoms with Crippen molar-refractivity contribution in [3.05, 3.63) is 29.8 Å². The zero-order valence-corrected chi connectivity index (χ0v) is 10.2. The zero-order valence-electron chi connectivity index (χ0n) is 10.2. The molecule has 1 aromatic rings. The average Bonchev–Trinajstić information content (AvgIpc) is 2.84. The predicted molar refractivity (Wildman–Crippen MR) is 66.2 cm³/mol. The van der Waals surface area contributed by atoms with E-state index in [9.17, 15) is 13.6 Å². The number of hydrogen-bond acceptors (Lipinski definition) is 1. The van der Waals surface area contributed by atoms with Crippen LogP contribution in [-0.4, -0.2) is 5.91 Å². The van der Waals surface area contributed by atoms with Crippen molar-refractivity contribution in [1.29, 1.82) is 0 Å². The third-order valence-corrected chi connectivity index (χ3v) is 3.46. The fraction of sp³-hybridized carbons (Fsp3) is 0.500. The number of rotatable bonds is 4. The molecule has 0 atom stereocenters. The van der Waals surface area contributed by atoms with Crippen molar-refractivity contribution in [2.45, 2.75) is 38.5 Å². The molecule has 0 heterocycles. The van der Waals surface area contributed by atoms with Crippen LogP contribution in [0.4, 0.5) is 14.5 Å². The van der Waals surface area contributed by atoms with Crippen LogP contribution in [0.5, 0.6) is 0 Å². The highest BCUT2D eigenvalue weighted by atomic mass is 19.1. The van der Waals surface area contributed by atoms with Crippen LogP contribution in [0.3, 0.4) is 0 Å². The standard InChI is InChI=1S/C14H17F2NO/c15-11-6-7-12(16)13(9-11)17-14(18)8-5-10-3-1-2-4-10/h6-7,9-10H,1-5,8H2,(H,17,18). The molecular formula is C14H17F2NO. The molecule has 0 unspecified atom stereocenters. The van der Waals surface area contributed by atoms with Crippen LogP contribution >= 0.6 is 0 Å². The van der Waals surface area contributed by atoms with Gasteiger partial charge in [-0.15, -0.1) is 0 Å². The lowest BCUT2D eigenvalue weighted by Crippen LogP contribution is -2.14. The monoisotopic (exact) mass is 253 g/mol. The van der Waals surface area contributed by atoms with Crippen molar-refractivity contribution in [3.63, 3.8) is 0 Å². The van der Waals surface area contributed by atoms with Gasteiger partial charge in [-0.05, 0) is 24.5 Å². The Morgan fingerprint density at radius 3 is 2.72 bits per heavy atom. The molecule has 1 amide bonds. The molecule has 1 aliphatic rings. The average molecular weight is 253 g/mol. The summed E-state index contributed by atoms with van der Waals surface area (Å²) in [6.07, 6.45) is 6.06. The third kappa shape index (κ3) is 3.52. The normalized spacial score (nSPS) is 15.9. The van der Waals surface area contributed by atoms with Crippen LogP contribution in [0.1, 0.15) is 38.5 Å². The number of benzene rings is 1. The lowest BCUT2D eigenvalue weighted by molar-refractivity contribution is -0.116. The summed E-state index contributed by atoms with van der Waals surface area (Å²) in [5, 5.41) is 2.42. The summed E-state index contributed by atoms with van der Waals surface area (Å²) in [5.74, 6) is -0.785. The van der Waals surface area contributed by atoms with Crippen molar-refractivity contribution in [3.8, 4) is 0 Å². The molecule has 0 radical (unpaired) electrons. The van der Waals surface area contributed by atoms with E-state index in [2.05, 4.69) is 5.32 Å². The minimum absolute atomic E-state index is 0.0774. The molecule has 1 fully saturated rings. The van der Waals surface area contributed by atoms with Gasteiger partial charge in [0.05, 0.1) is 5.69 Å². The molecule has 0 saturated heterocycles. The molecule has 0 spiro atoms. The van der Waals surface area contributed by atoms with Gasteiger partial charge in [0.25, 0.3) is 0 Å². The molecular weight excluding hydrogens is 236 g/mol. The second kappa shape index (κ2) is 5.94. The van der Waals surface area contributed by atoms with E-state index >= 15 is 0 Å². The van der Waals surface area contributed by atoms with Gasteiger partial charge in [-0.3, -0.25) is 4.79 Å². The van der Waals surface area contributed by atoms with Crippen LogP contribution in [0, 0.1) is 17.6 Å². The number of halogens is 2. The van der Waals surface area contributed by atoms with Crippen molar-refractivity contribution in [1.82, 2.24) is 0 Å². The summed E-state index contributed by atoms with van der Waals surface area (Å²) in [6.45, 7) is 0. The molecule has 2 rings (SSSR count). The Bertz CT molecular complexity index is 428. The highest BCUT2D eigenvalue weighted by molar-refractivity contribution is 5.90. The first kappa shape index (κ1) is 13.0. The van der Waals surface area contributed by atoms with Crippen LogP contribution in [0.25, 0.3) is 0 Å². The van der Waals surface area contributed by atoms with Gasteiger partial charge in [0, 0.05) is 12.5 Å². The van der Waals surface area contributed by atoms with E-state index in [0.717, 1.165) is 24.6 Å². The maximum absolute atomic E-state index is 13.3. The molecule has 18 heavy (non-hydrogen) atoms. The van der Waals surface area contributed by atoms with Crippen molar-refractivity contribution in [2.75, 3.05) is 5.32 Å². The van der Waals surface area contributed by atoms with E-state index in [4.69, 9.17) is 0 Å². The van der Waals surface area contributed by atoms with Crippen LogP contribution in [-0.2, 0) is 4.79 Å². The number of hydrogen-bond donors (Lipinski definition) is 1. The Kier molecular flexibility index (Phi) is 4.28. The number of carbonyl (C=O) groups excluding carboxylic acids is 1. The second-order valence-electron chi connectivity index (χ2n) is 4.86. The molecule has 4 heteroatoms. The lowest BCUT2D eigenvalue weighted by atomic mass is 10.0. The van der Waals surface area contributed by atoms with Crippen molar-refractivity contribution >= 4 is 11.6 Å². The molecule has 1 aromatic carbocycles. The smallest absolute Gasteiger partial charge is 0.224 e. The Hall–Kier alpha value is -1.45. The summed E-state index contributed by atoms with van der Waals surface area (Å²) in [6, 6.07) is 3.05. The maximum atomic E-state index is 13.3. The molecule has 0 aliphatic heterocycles. The van der Waals surface area contributed by atoms with Gasteiger partial charge in [0.15, 0.2) is 0 Å². The summed E-state index contributed by atoms with van der Waals surface area (Å²) < 4.78 is 26.2. The fourth-order valence-electron chi connectivity index (χ4n) is 2.44. The Balaban J connectivity index is 1.84. The van der Waals surface area contributed by atoms with Gasteiger partial charge in [-0.25, -0.2) is 8.78 Å². The highest BCUT2D eigenvalue weighted by Gasteiger charge is 2.16. The van der Waals surface area contributed by atoms with Gasteiger partial charge < -0.3 is 5.32 Å². The summed E-state index contributed by atoms with van der Waals surface area (Å²) in [5.41, 5.74) is -0.0774. The number of amides is 1. The van der Waals surface area contributed by atoms with E-state index in [1.807, 2.05) is 0 Å². The maximum Gasteiger partial charge on any atom is 0.224 e. The highest BCUT2D eigenvalue weighted by Crippen LogP contribution is 2.28. The minimum atomic E-state index is -0.606. The van der Waals surface area contributed by atoms with Gasteiger partial charge in [0.1, 0.15) is 11.6 Å². The molecule has 1 saturated carbocycles. The lowest BCUT2D eigenvalue weighted by Gasteiger charge is -2.09. The van der Waals surface area contributed by atoms with Crippen LogP contribution < -0.4 is 5.32 Å². The minimum Gasteiger partial charge on any atom is -0.324 e. The molecule has 1 aliphatic carbocycles. The first-order valence-electron chi connectivity index (χ1n) is 6.40. The van der Waals surface area contributed by atoms with Crippen LogP contribution in [0.2, 0.25) is 0 Å². The van der Waals surface area contributed by atoms with E-state index in [1.54, 1.807) is 0 Å². The van der Waals surface area contributed by atoms with E-state index in [1.165, 1.54) is 25.7 Å². The van der Waals surface area contributed by atoms with Crippen LogP contribution in [0.15, 0.2) is 18.2 Å². The molecule has 1 N–H and O–H groups in total. The number of nitrogens with one attached hydrogen (secondary N) is 1. The van der Waals surface area contributed by atoms with E-state index in [-0.39, 0.29) is 11.6 Å². The predicted octanol–water partition coefficient (Wildman–Crippen LogP) is 3.87. The number of carbonyl (C=O) groups is 1. The van der Waals surface area contributed by atoms with Gasteiger partial charge in [-0.2, -0.15) is 0 Å². The van der Waals surface area contributed by atoms with E-state index in [0.29, 0.717) is 12.3 Å². The third-order valence-electron chi connectivity index (χ3n) is 3.46. The summed E-state index contributed by atoms with van der Waals surface area (Å²) in [7, 11) is 0. The molecule has 98 valence electrons. The quantitative estimate of drug-likeness (QED) is 0.867. The second-order valence-corrected chi connectivity index (χ2v) is 4.86. The Labute approximate surface area is 105 Å². The molecule has 0 aromatic heterocycles. The van der Waals surface area contributed by atoms with Crippen molar-refractivity contribution < 1.29 is 13.6 Å². The van der Waals surface area contributed by atoms with Gasteiger partial charge in [0.2, 0.25) is 5.91 Å².